The van der Waals surface area contributed by atoms with E-state index in [-0.39, 0.29) is 11.6 Å². The number of nitrogens with one attached hydrogen (secondary N) is 1. The highest BCUT2D eigenvalue weighted by atomic mass is 19.4. The second-order valence-electron chi connectivity index (χ2n) is 7.49. The summed E-state index contributed by atoms with van der Waals surface area (Å²) < 4.78 is 60.9. The number of rotatable bonds is 5. The number of fused-ring (bicyclic) bond motifs is 1. The number of benzene rings is 2. The Morgan fingerprint density at radius 1 is 1.06 bits per heavy atom. The van der Waals surface area contributed by atoms with E-state index in [9.17, 15) is 22.4 Å². The van der Waals surface area contributed by atoms with Gasteiger partial charge in [-0.1, -0.05) is 0 Å². The zero-order valence-electron chi connectivity index (χ0n) is 18.0. The fourth-order valence-electron chi connectivity index (χ4n) is 3.42. The summed E-state index contributed by atoms with van der Waals surface area (Å²) in [6.07, 6.45) is -0.650. The molecule has 0 bridgehead atoms. The van der Waals surface area contributed by atoms with Crippen molar-refractivity contribution in [3.05, 3.63) is 84.5 Å². The SMILES string of the molecule is O=C(Nc1ccc(F)c(C(F)(F)F)c1)n1ccc2cc(Oc3cc(Cn4cnnn4)ncn3)ccc21. The summed E-state index contributed by atoms with van der Waals surface area (Å²) in [6.45, 7) is 0.321. The molecule has 3 heterocycles. The van der Waals surface area contributed by atoms with Crippen LogP contribution >= 0.6 is 0 Å². The number of carbonyl (C=O) groups excluding carboxylic acids is 1. The largest absolute Gasteiger partial charge is 0.439 e. The maximum absolute atomic E-state index is 13.5. The Kier molecular flexibility index (Phi) is 5.76. The van der Waals surface area contributed by atoms with Gasteiger partial charge in [0.25, 0.3) is 0 Å². The first-order valence-corrected chi connectivity index (χ1v) is 10.2. The van der Waals surface area contributed by atoms with Crippen molar-refractivity contribution in [2.75, 3.05) is 5.32 Å². The molecule has 36 heavy (non-hydrogen) atoms. The van der Waals surface area contributed by atoms with Crippen molar-refractivity contribution in [3.63, 3.8) is 0 Å². The molecule has 0 atom stereocenters. The predicted octanol–water partition coefficient (Wildman–Crippen LogP) is 4.50. The summed E-state index contributed by atoms with van der Waals surface area (Å²) in [4.78, 5) is 20.9. The molecule has 1 N–H and O–H groups in total. The van der Waals surface area contributed by atoms with Gasteiger partial charge in [-0.05, 0) is 52.9 Å². The van der Waals surface area contributed by atoms with Crippen molar-refractivity contribution in [2.24, 2.45) is 0 Å². The molecule has 0 aliphatic carbocycles. The molecule has 5 rings (SSSR count). The molecule has 0 saturated carbocycles. The molecular formula is C22H14F4N8O2. The number of alkyl halides is 3. The molecule has 182 valence electrons. The molecule has 5 aromatic rings. The molecule has 0 fully saturated rings. The lowest BCUT2D eigenvalue weighted by Gasteiger charge is -2.12. The Balaban J connectivity index is 1.33. The minimum Gasteiger partial charge on any atom is -0.439 e. The number of halogens is 4. The van der Waals surface area contributed by atoms with Gasteiger partial charge in [-0.3, -0.25) is 4.57 Å². The second-order valence-corrected chi connectivity index (χ2v) is 7.49. The predicted molar refractivity (Wildman–Crippen MR) is 117 cm³/mol. The highest BCUT2D eigenvalue weighted by Gasteiger charge is 2.34. The number of carbonyl (C=O) groups is 1. The van der Waals surface area contributed by atoms with Crippen LogP contribution in [-0.2, 0) is 12.7 Å². The van der Waals surface area contributed by atoms with Crippen LogP contribution in [-0.4, -0.2) is 40.8 Å². The van der Waals surface area contributed by atoms with Crippen LogP contribution in [0.2, 0.25) is 0 Å². The average Bonchev–Trinajstić information content (AvgIpc) is 3.49. The first-order valence-electron chi connectivity index (χ1n) is 10.2. The van der Waals surface area contributed by atoms with Crippen molar-refractivity contribution >= 4 is 22.6 Å². The van der Waals surface area contributed by atoms with Crippen molar-refractivity contribution in [2.45, 2.75) is 12.7 Å². The first-order chi connectivity index (χ1) is 17.3. The lowest BCUT2D eigenvalue weighted by Crippen LogP contribution is -2.19. The third-order valence-corrected chi connectivity index (χ3v) is 5.04. The fraction of sp³-hybridized carbons (Fsp3) is 0.0909. The van der Waals surface area contributed by atoms with Crippen LogP contribution in [0.5, 0.6) is 11.6 Å². The van der Waals surface area contributed by atoms with Crippen LogP contribution in [0.4, 0.5) is 28.0 Å². The molecule has 0 unspecified atom stereocenters. The van der Waals surface area contributed by atoms with Gasteiger partial charge in [0.15, 0.2) is 0 Å². The van der Waals surface area contributed by atoms with Crippen molar-refractivity contribution in [3.8, 4) is 11.6 Å². The zero-order chi connectivity index (χ0) is 25.3. The van der Waals surface area contributed by atoms with Gasteiger partial charge in [-0.15, -0.1) is 5.10 Å². The van der Waals surface area contributed by atoms with Crippen LogP contribution in [0, 0.1) is 5.82 Å². The van der Waals surface area contributed by atoms with E-state index in [1.807, 2.05) is 0 Å². The van der Waals surface area contributed by atoms with Crippen LogP contribution in [0.25, 0.3) is 10.9 Å². The van der Waals surface area contributed by atoms with Crippen LogP contribution in [0.15, 0.2) is 67.4 Å². The Morgan fingerprint density at radius 2 is 1.92 bits per heavy atom. The van der Waals surface area contributed by atoms with E-state index in [0.717, 1.165) is 6.07 Å². The number of tetrazole rings is 1. The summed E-state index contributed by atoms with van der Waals surface area (Å²) in [7, 11) is 0. The molecule has 0 spiro atoms. The van der Waals surface area contributed by atoms with Gasteiger partial charge in [0.2, 0.25) is 5.88 Å². The van der Waals surface area contributed by atoms with Crippen molar-refractivity contribution in [1.82, 2.24) is 34.7 Å². The third kappa shape index (κ3) is 4.82. The summed E-state index contributed by atoms with van der Waals surface area (Å²) in [5.41, 5.74) is -0.576. The fourth-order valence-corrected chi connectivity index (χ4v) is 3.42. The lowest BCUT2D eigenvalue weighted by atomic mass is 10.2. The van der Waals surface area contributed by atoms with Crippen LogP contribution in [0.1, 0.15) is 11.3 Å². The molecule has 0 radical (unpaired) electrons. The van der Waals surface area contributed by atoms with Gasteiger partial charge in [-0.2, -0.15) is 13.2 Å². The number of amides is 1. The Labute approximate surface area is 199 Å². The Hall–Kier alpha value is -4.88. The molecular weight excluding hydrogens is 484 g/mol. The smallest absolute Gasteiger partial charge is 0.419 e. The maximum atomic E-state index is 13.5. The van der Waals surface area contributed by atoms with Crippen LogP contribution < -0.4 is 10.1 Å². The summed E-state index contributed by atoms with van der Waals surface area (Å²) in [5, 5.41) is 13.9. The minimum absolute atomic E-state index is 0.197. The van der Waals surface area contributed by atoms with E-state index in [4.69, 9.17) is 4.74 Å². The number of hydrogen-bond donors (Lipinski definition) is 1. The van der Waals surface area contributed by atoms with E-state index in [1.54, 1.807) is 30.3 Å². The summed E-state index contributed by atoms with van der Waals surface area (Å²) in [6, 6.07) is 9.67. The standard InChI is InChI=1S/C22H14F4N8O2/c23-18-3-1-14(8-17(18)22(24,25)26)30-21(35)34-6-5-13-7-16(2-4-19(13)34)36-20-9-15(27-11-28-20)10-33-12-29-31-32-33/h1-9,11-12H,10H2,(H,30,35). The topological polar surface area (TPSA) is 113 Å². The second kappa shape index (κ2) is 9.05. The van der Waals surface area contributed by atoms with Crippen LogP contribution in [0.3, 0.4) is 0 Å². The Morgan fingerprint density at radius 3 is 2.69 bits per heavy atom. The number of ether oxygens (including phenoxy) is 1. The van der Waals surface area contributed by atoms with Gasteiger partial charge >= 0.3 is 12.2 Å². The quantitative estimate of drug-likeness (QED) is 0.355. The number of aromatic nitrogens is 7. The summed E-state index contributed by atoms with van der Waals surface area (Å²) >= 11 is 0. The monoisotopic (exact) mass is 498 g/mol. The number of hydrogen-bond acceptors (Lipinski definition) is 7. The molecule has 0 aliphatic heterocycles. The van der Waals surface area contributed by atoms with E-state index in [2.05, 4.69) is 30.8 Å². The zero-order valence-corrected chi connectivity index (χ0v) is 18.0. The molecule has 3 aromatic heterocycles. The minimum atomic E-state index is -4.89. The maximum Gasteiger partial charge on any atom is 0.419 e. The van der Waals surface area contributed by atoms with Gasteiger partial charge < -0.3 is 10.1 Å². The molecule has 0 aliphatic rings. The molecule has 1 amide bonds. The average molecular weight is 498 g/mol. The molecule has 0 saturated heterocycles. The van der Waals surface area contributed by atoms with Crippen molar-refractivity contribution < 1.29 is 27.1 Å². The first kappa shape index (κ1) is 22.9. The molecule has 10 nitrogen and oxygen atoms in total. The highest BCUT2D eigenvalue weighted by molar-refractivity contribution is 5.98. The van der Waals surface area contributed by atoms with Crippen molar-refractivity contribution in [1.29, 1.82) is 0 Å². The molecule has 14 heteroatoms. The van der Waals surface area contributed by atoms with Gasteiger partial charge in [-0.25, -0.2) is 23.8 Å². The summed E-state index contributed by atoms with van der Waals surface area (Å²) in [5.74, 6) is -0.715. The van der Waals surface area contributed by atoms with Gasteiger partial charge in [0.05, 0.1) is 23.3 Å². The highest BCUT2D eigenvalue weighted by Crippen LogP contribution is 2.33. The van der Waals surface area contributed by atoms with E-state index in [0.29, 0.717) is 41.0 Å². The third-order valence-electron chi connectivity index (χ3n) is 5.04. The van der Waals surface area contributed by atoms with Gasteiger partial charge in [0.1, 0.15) is 24.2 Å². The van der Waals surface area contributed by atoms with E-state index >= 15 is 0 Å². The normalized spacial score (nSPS) is 11.6. The lowest BCUT2D eigenvalue weighted by molar-refractivity contribution is -0.139. The molecule has 2 aromatic carbocycles. The van der Waals surface area contributed by atoms with Gasteiger partial charge in [0, 0.05) is 23.3 Å². The number of anilines is 1. The van der Waals surface area contributed by atoms with E-state index < -0.39 is 23.6 Å². The van der Waals surface area contributed by atoms with E-state index in [1.165, 1.54) is 28.1 Å². The Bertz CT molecular complexity index is 1550. The number of nitrogens with zero attached hydrogens (tertiary/aromatic N) is 7.